The number of allylic oxidation sites excluding steroid dienone is 4. The second-order valence-corrected chi connectivity index (χ2v) is 4.71. The van der Waals surface area contributed by atoms with Gasteiger partial charge in [0, 0.05) is 0 Å². The molecular formula is C6H8ClOZr. The zero-order chi connectivity index (χ0) is 5.82. The summed E-state index contributed by atoms with van der Waals surface area (Å²) >= 11 is -0.547. The van der Waals surface area contributed by atoms with Gasteiger partial charge >= 0.3 is 61.5 Å². The second-order valence-electron chi connectivity index (χ2n) is 1.63. The summed E-state index contributed by atoms with van der Waals surface area (Å²) < 4.78 is 6.63. The maximum absolute atomic E-state index is 5.09. The van der Waals surface area contributed by atoms with Crippen molar-refractivity contribution in [2.75, 3.05) is 7.11 Å². The second kappa shape index (κ2) is 5.40. The molecule has 0 fully saturated rings. The molecule has 9 heavy (non-hydrogen) atoms. The Morgan fingerprint density at radius 2 is 2.44 bits per heavy atom. The van der Waals surface area contributed by atoms with Crippen LogP contribution in [0.25, 0.3) is 0 Å². The van der Waals surface area contributed by atoms with Gasteiger partial charge in [0.1, 0.15) is 0 Å². The van der Waals surface area contributed by atoms with Crippen molar-refractivity contribution in [2.24, 2.45) is 0 Å². The van der Waals surface area contributed by atoms with Crippen LogP contribution in [0.1, 0.15) is 6.42 Å². The van der Waals surface area contributed by atoms with Crippen LogP contribution < -0.4 is 12.4 Å². The van der Waals surface area contributed by atoms with Crippen molar-refractivity contribution in [3.05, 3.63) is 21.5 Å². The third-order valence-corrected chi connectivity index (χ3v) is 3.06. The van der Waals surface area contributed by atoms with Crippen LogP contribution in [-0.2, 0) is 26.5 Å². The molecule has 0 spiro atoms. The van der Waals surface area contributed by atoms with E-state index in [1.165, 1.54) is 3.28 Å². The van der Waals surface area contributed by atoms with E-state index in [9.17, 15) is 0 Å². The number of rotatable bonds is 2. The minimum absolute atomic E-state index is 0. The molecule has 0 aromatic rings. The van der Waals surface area contributed by atoms with Crippen LogP contribution in [0, 0.1) is 0 Å². The van der Waals surface area contributed by atoms with Gasteiger partial charge in [-0.05, 0) is 0 Å². The molecule has 0 bridgehead atoms. The van der Waals surface area contributed by atoms with Crippen LogP contribution in [-0.4, -0.2) is 7.11 Å². The summed E-state index contributed by atoms with van der Waals surface area (Å²) in [5.41, 5.74) is 0. The van der Waals surface area contributed by atoms with Gasteiger partial charge in [0.2, 0.25) is 0 Å². The molecule has 1 nitrogen and oxygen atoms in total. The maximum atomic E-state index is 5.09. The first kappa shape index (κ1) is 9.61. The Morgan fingerprint density at radius 1 is 1.67 bits per heavy atom. The van der Waals surface area contributed by atoms with E-state index in [1.807, 2.05) is 0 Å². The molecule has 0 aliphatic heterocycles. The van der Waals surface area contributed by atoms with Crippen molar-refractivity contribution >= 4 is 0 Å². The van der Waals surface area contributed by atoms with E-state index < -0.39 is 23.7 Å². The summed E-state index contributed by atoms with van der Waals surface area (Å²) in [6.07, 6.45) is 7.61. The Labute approximate surface area is 73.8 Å². The molecule has 0 saturated heterocycles. The van der Waals surface area contributed by atoms with E-state index >= 15 is 0 Å². The van der Waals surface area contributed by atoms with Crippen molar-refractivity contribution in [1.29, 1.82) is 0 Å². The van der Waals surface area contributed by atoms with Crippen LogP contribution in [0.4, 0.5) is 0 Å². The van der Waals surface area contributed by atoms with Crippen LogP contribution in [0.5, 0.6) is 0 Å². The molecule has 0 aromatic heterocycles. The smallest absolute Gasteiger partial charge is 1.00 e. The standard InChI is InChI=1S/C5H5.CH3O.ClH.Zr/c1-2-4-5-3-1;1-2;;/h1-3H,4H2;1H3;1H;/q;-1;;+2/p-1. The fourth-order valence-corrected chi connectivity index (χ4v) is 2.20. The molecule has 1 rings (SSSR count). The van der Waals surface area contributed by atoms with E-state index in [4.69, 9.17) is 2.81 Å². The Kier molecular flexibility index (Phi) is 5.77. The van der Waals surface area contributed by atoms with E-state index in [0.717, 1.165) is 6.42 Å². The first-order valence-electron chi connectivity index (χ1n) is 2.58. The van der Waals surface area contributed by atoms with E-state index in [0.29, 0.717) is 0 Å². The first-order valence-corrected chi connectivity index (χ1v) is 4.81. The molecule has 49 valence electrons. The quantitative estimate of drug-likeness (QED) is 0.552. The van der Waals surface area contributed by atoms with Crippen molar-refractivity contribution < 1.29 is 38.9 Å². The minimum atomic E-state index is -0.547. The molecule has 0 amide bonds. The predicted molar refractivity (Wildman–Crippen MR) is 28.8 cm³/mol. The number of hydrogen-bond donors (Lipinski definition) is 0. The van der Waals surface area contributed by atoms with Crippen molar-refractivity contribution in [3.8, 4) is 0 Å². The van der Waals surface area contributed by atoms with Gasteiger partial charge in [-0.3, -0.25) is 0 Å². The molecule has 1 aliphatic rings. The maximum Gasteiger partial charge on any atom is -1.00 e. The van der Waals surface area contributed by atoms with Crippen molar-refractivity contribution in [1.82, 2.24) is 0 Å². The molecule has 0 radical (unpaired) electrons. The Morgan fingerprint density at radius 3 is 2.89 bits per heavy atom. The molecule has 0 heterocycles. The van der Waals surface area contributed by atoms with Gasteiger partial charge < -0.3 is 12.4 Å². The summed E-state index contributed by atoms with van der Waals surface area (Å²) in [4.78, 5) is 0. The van der Waals surface area contributed by atoms with Gasteiger partial charge in [-0.2, -0.15) is 0 Å². The molecule has 0 N–H and O–H groups in total. The molecule has 0 aromatic carbocycles. The average Bonchev–Trinajstić information content (AvgIpc) is 2.19. The molecule has 0 saturated carbocycles. The minimum Gasteiger partial charge on any atom is -1.00 e. The summed E-state index contributed by atoms with van der Waals surface area (Å²) in [5.74, 6) is 0. The monoisotopic (exact) mass is 221 g/mol. The first-order chi connectivity index (χ1) is 3.93. The van der Waals surface area contributed by atoms with Crippen LogP contribution >= 0.6 is 0 Å². The van der Waals surface area contributed by atoms with Gasteiger partial charge in [0.05, 0.1) is 0 Å². The summed E-state index contributed by atoms with van der Waals surface area (Å²) in [7, 11) is 1.80. The van der Waals surface area contributed by atoms with E-state index in [1.54, 1.807) is 7.11 Å². The summed E-state index contributed by atoms with van der Waals surface area (Å²) in [6.45, 7) is 0. The molecular weight excluding hydrogens is 215 g/mol. The summed E-state index contributed by atoms with van der Waals surface area (Å²) in [6, 6.07) is 0. The molecule has 3 heteroatoms. The van der Waals surface area contributed by atoms with Crippen molar-refractivity contribution in [3.63, 3.8) is 0 Å². The zero-order valence-electron chi connectivity index (χ0n) is 5.23. The Balaban J connectivity index is 0.000000640. The third-order valence-electron chi connectivity index (χ3n) is 1.00. The molecule has 0 atom stereocenters. The number of hydrogen-bond acceptors (Lipinski definition) is 1. The SMILES string of the molecule is C[O][Zr+][C]1=CC=CC1.[Cl-]. The van der Waals surface area contributed by atoms with Gasteiger partial charge in [0.25, 0.3) is 0 Å². The number of halogens is 1. The fourth-order valence-electron chi connectivity index (χ4n) is 0.654. The normalized spacial score (nSPS) is 14.1. The Bertz CT molecular complexity index is 131. The van der Waals surface area contributed by atoms with Crippen molar-refractivity contribution in [2.45, 2.75) is 6.42 Å². The summed E-state index contributed by atoms with van der Waals surface area (Å²) in [5, 5.41) is 0. The van der Waals surface area contributed by atoms with E-state index in [2.05, 4.69) is 18.2 Å². The molecule has 0 unspecified atom stereocenters. The topological polar surface area (TPSA) is 9.23 Å². The Hall–Kier alpha value is 0.613. The average molecular weight is 223 g/mol. The fraction of sp³-hybridized carbons (Fsp3) is 0.333. The third kappa shape index (κ3) is 3.34. The predicted octanol–water partition coefficient (Wildman–Crippen LogP) is -1.52. The van der Waals surface area contributed by atoms with Crippen LogP contribution in [0.15, 0.2) is 21.5 Å². The van der Waals surface area contributed by atoms with Gasteiger partial charge in [0.15, 0.2) is 0 Å². The van der Waals surface area contributed by atoms with Crippen LogP contribution in [0.2, 0.25) is 0 Å². The van der Waals surface area contributed by atoms with Gasteiger partial charge in [-0.15, -0.1) is 0 Å². The zero-order valence-corrected chi connectivity index (χ0v) is 8.44. The van der Waals surface area contributed by atoms with Crippen LogP contribution in [0.3, 0.4) is 0 Å². The van der Waals surface area contributed by atoms with Gasteiger partial charge in [-0.1, -0.05) is 0 Å². The van der Waals surface area contributed by atoms with E-state index in [-0.39, 0.29) is 12.4 Å². The van der Waals surface area contributed by atoms with Gasteiger partial charge in [-0.25, -0.2) is 0 Å². The molecule has 1 aliphatic carbocycles. The largest absolute Gasteiger partial charge is 1.00 e.